The first-order chi connectivity index (χ1) is 9.16. The normalized spacial score (nSPS) is 10.9. The van der Waals surface area contributed by atoms with Gasteiger partial charge in [0.2, 0.25) is 0 Å². The molecule has 0 bridgehead atoms. The fourth-order valence-corrected chi connectivity index (χ4v) is 2.66. The van der Waals surface area contributed by atoms with Crippen LogP contribution < -0.4 is 0 Å². The predicted octanol–water partition coefficient (Wildman–Crippen LogP) is 5.95. The molecule has 0 heterocycles. The quantitative estimate of drug-likeness (QED) is 0.519. The zero-order valence-corrected chi connectivity index (χ0v) is 11.3. The number of halogens is 3. The van der Waals surface area contributed by atoms with Gasteiger partial charge >= 0.3 is 0 Å². The summed E-state index contributed by atoms with van der Waals surface area (Å²) in [6, 6.07) is 16.0. The number of fused-ring (bicyclic) bond motifs is 1. The van der Waals surface area contributed by atoms with Gasteiger partial charge in [-0.25, -0.2) is 4.39 Å². The van der Waals surface area contributed by atoms with Crippen LogP contribution in [0, 0.1) is 5.82 Å². The van der Waals surface area contributed by atoms with Gasteiger partial charge in [0, 0.05) is 26.6 Å². The van der Waals surface area contributed by atoms with Gasteiger partial charge < -0.3 is 0 Å². The Morgan fingerprint density at radius 3 is 2.32 bits per heavy atom. The van der Waals surface area contributed by atoms with Gasteiger partial charge in [-0.05, 0) is 17.5 Å². The Morgan fingerprint density at radius 1 is 0.789 bits per heavy atom. The van der Waals surface area contributed by atoms with E-state index >= 15 is 0 Å². The average Bonchev–Trinajstić information content (AvgIpc) is 2.41. The minimum Gasteiger partial charge on any atom is -0.206 e. The van der Waals surface area contributed by atoms with Crippen LogP contribution in [0.25, 0.3) is 21.9 Å². The predicted molar refractivity (Wildman–Crippen MR) is 79.4 cm³/mol. The molecular formula is C16H9Cl2F. The monoisotopic (exact) mass is 290 g/mol. The van der Waals surface area contributed by atoms with E-state index in [1.54, 1.807) is 30.3 Å². The van der Waals surface area contributed by atoms with E-state index in [1.165, 1.54) is 0 Å². The first-order valence-corrected chi connectivity index (χ1v) is 6.55. The summed E-state index contributed by atoms with van der Waals surface area (Å²) >= 11 is 12.0. The van der Waals surface area contributed by atoms with E-state index in [-0.39, 0.29) is 5.82 Å². The molecule has 0 atom stereocenters. The van der Waals surface area contributed by atoms with Crippen LogP contribution in [0.15, 0.2) is 54.6 Å². The summed E-state index contributed by atoms with van der Waals surface area (Å²) in [5, 5.41) is 2.44. The average molecular weight is 291 g/mol. The van der Waals surface area contributed by atoms with Crippen molar-refractivity contribution in [1.29, 1.82) is 0 Å². The lowest BCUT2D eigenvalue weighted by molar-refractivity contribution is 0.643. The second-order valence-electron chi connectivity index (χ2n) is 4.27. The smallest absolute Gasteiger partial charge is 0.138 e. The van der Waals surface area contributed by atoms with Crippen LogP contribution in [0.3, 0.4) is 0 Å². The molecule has 0 spiro atoms. The van der Waals surface area contributed by atoms with Crippen LogP contribution in [0.1, 0.15) is 0 Å². The summed E-state index contributed by atoms with van der Waals surface area (Å²) in [7, 11) is 0. The molecule has 3 aromatic rings. The highest BCUT2D eigenvalue weighted by Gasteiger charge is 2.12. The molecule has 19 heavy (non-hydrogen) atoms. The molecule has 0 aliphatic rings. The maximum atomic E-state index is 14.5. The number of rotatable bonds is 1. The van der Waals surface area contributed by atoms with E-state index in [1.807, 2.05) is 24.3 Å². The van der Waals surface area contributed by atoms with Gasteiger partial charge in [-0.1, -0.05) is 65.7 Å². The lowest BCUT2D eigenvalue weighted by Gasteiger charge is -2.09. The second-order valence-corrected chi connectivity index (χ2v) is 5.12. The third-order valence-electron chi connectivity index (χ3n) is 3.08. The summed E-state index contributed by atoms with van der Waals surface area (Å²) in [6.07, 6.45) is 0. The van der Waals surface area contributed by atoms with Crippen molar-refractivity contribution >= 4 is 34.0 Å². The van der Waals surface area contributed by atoms with Gasteiger partial charge in [0.15, 0.2) is 0 Å². The summed E-state index contributed by atoms with van der Waals surface area (Å²) < 4.78 is 14.5. The van der Waals surface area contributed by atoms with Crippen molar-refractivity contribution in [2.75, 3.05) is 0 Å². The van der Waals surface area contributed by atoms with Crippen molar-refractivity contribution in [3.05, 3.63) is 70.5 Å². The van der Waals surface area contributed by atoms with Gasteiger partial charge in [-0.15, -0.1) is 0 Å². The Morgan fingerprint density at radius 2 is 1.53 bits per heavy atom. The van der Waals surface area contributed by atoms with Crippen molar-refractivity contribution in [2.45, 2.75) is 0 Å². The molecule has 0 aromatic heterocycles. The van der Waals surface area contributed by atoms with E-state index in [0.717, 1.165) is 5.39 Å². The third kappa shape index (κ3) is 2.20. The molecule has 0 amide bonds. The first-order valence-electron chi connectivity index (χ1n) is 5.79. The maximum absolute atomic E-state index is 14.5. The molecular weight excluding hydrogens is 282 g/mol. The molecule has 94 valence electrons. The summed E-state index contributed by atoms with van der Waals surface area (Å²) in [4.78, 5) is 0. The number of benzene rings is 3. The third-order valence-corrected chi connectivity index (χ3v) is 3.63. The molecule has 0 radical (unpaired) electrons. The highest BCUT2D eigenvalue weighted by atomic mass is 35.5. The standard InChI is InChI=1S/C16H9Cl2F/c17-11-6-8-13(15(18)9-11)14-7-5-10-3-1-2-4-12(10)16(14)19/h1-9H. The Bertz CT molecular complexity index is 766. The van der Waals surface area contributed by atoms with Gasteiger partial charge in [0.05, 0.1) is 0 Å². The van der Waals surface area contributed by atoms with Crippen molar-refractivity contribution in [1.82, 2.24) is 0 Å². The maximum Gasteiger partial charge on any atom is 0.138 e. The molecule has 0 aliphatic heterocycles. The Kier molecular flexibility index (Phi) is 3.17. The largest absolute Gasteiger partial charge is 0.206 e. The fraction of sp³-hybridized carbons (Fsp3) is 0. The number of hydrogen-bond donors (Lipinski definition) is 0. The molecule has 0 saturated carbocycles. The van der Waals surface area contributed by atoms with E-state index in [4.69, 9.17) is 23.2 Å². The van der Waals surface area contributed by atoms with Crippen LogP contribution in [-0.2, 0) is 0 Å². The van der Waals surface area contributed by atoms with Crippen LogP contribution in [-0.4, -0.2) is 0 Å². The molecule has 3 aromatic carbocycles. The Hall–Kier alpha value is -1.57. The molecule has 0 fully saturated rings. The van der Waals surface area contributed by atoms with E-state index in [0.29, 0.717) is 26.6 Å². The molecule has 0 unspecified atom stereocenters. The molecule has 0 aliphatic carbocycles. The summed E-state index contributed by atoms with van der Waals surface area (Å²) in [5.74, 6) is -0.262. The van der Waals surface area contributed by atoms with E-state index in [9.17, 15) is 4.39 Å². The van der Waals surface area contributed by atoms with Gasteiger partial charge in [0.25, 0.3) is 0 Å². The van der Waals surface area contributed by atoms with Gasteiger partial charge in [0.1, 0.15) is 5.82 Å². The SMILES string of the molecule is Fc1c(-c2ccc(Cl)cc2Cl)ccc2ccccc12. The zero-order valence-electron chi connectivity index (χ0n) is 9.83. The van der Waals surface area contributed by atoms with Gasteiger partial charge in [-0.2, -0.15) is 0 Å². The van der Waals surface area contributed by atoms with Gasteiger partial charge in [-0.3, -0.25) is 0 Å². The van der Waals surface area contributed by atoms with Crippen LogP contribution in [0.4, 0.5) is 4.39 Å². The fourth-order valence-electron chi connectivity index (χ4n) is 2.15. The minimum absolute atomic E-state index is 0.262. The molecule has 0 saturated heterocycles. The second kappa shape index (κ2) is 4.84. The minimum atomic E-state index is -0.262. The van der Waals surface area contributed by atoms with Crippen LogP contribution in [0.2, 0.25) is 10.0 Å². The lowest BCUT2D eigenvalue weighted by Crippen LogP contribution is -1.87. The first kappa shape index (κ1) is 12.5. The molecule has 0 N–H and O–H groups in total. The summed E-state index contributed by atoms with van der Waals surface area (Å²) in [6.45, 7) is 0. The molecule has 3 heteroatoms. The van der Waals surface area contributed by atoms with Crippen molar-refractivity contribution < 1.29 is 4.39 Å². The molecule has 0 nitrogen and oxygen atoms in total. The van der Waals surface area contributed by atoms with Crippen molar-refractivity contribution in [3.8, 4) is 11.1 Å². The van der Waals surface area contributed by atoms with Crippen molar-refractivity contribution in [3.63, 3.8) is 0 Å². The summed E-state index contributed by atoms with van der Waals surface area (Å²) in [5.41, 5.74) is 1.13. The topological polar surface area (TPSA) is 0 Å². The Labute approximate surface area is 120 Å². The highest BCUT2D eigenvalue weighted by molar-refractivity contribution is 6.36. The lowest BCUT2D eigenvalue weighted by atomic mass is 10.0. The van der Waals surface area contributed by atoms with Crippen molar-refractivity contribution in [2.24, 2.45) is 0 Å². The number of hydrogen-bond acceptors (Lipinski definition) is 0. The highest BCUT2D eigenvalue weighted by Crippen LogP contribution is 2.34. The molecule has 3 rings (SSSR count). The van der Waals surface area contributed by atoms with Crippen LogP contribution >= 0.6 is 23.2 Å². The van der Waals surface area contributed by atoms with E-state index in [2.05, 4.69) is 0 Å². The zero-order chi connectivity index (χ0) is 13.4. The van der Waals surface area contributed by atoms with Crippen LogP contribution in [0.5, 0.6) is 0 Å². The van der Waals surface area contributed by atoms with E-state index < -0.39 is 0 Å². The Balaban J connectivity index is 2.28.